The molecule has 0 saturated carbocycles. The van der Waals surface area contributed by atoms with E-state index in [-0.39, 0.29) is 48.2 Å². The summed E-state index contributed by atoms with van der Waals surface area (Å²) in [5, 5.41) is 0. The van der Waals surface area contributed by atoms with Crippen LogP contribution in [0.2, 0.25) is 0 Å². The molecule has 0 aliphatic rings. The molecule has 0 unspecified atom stereocenters. The monoisotopic (exact) mass is 414 g/mol. The Hall–Kier alpha value is -0.966. The number of carbonyl (C=O) groups is 4. The summed E-state index contributed by atoms with van der Waals surface area (Å²) in [5.41, 5.74) is 0. The molecule has 0 saturated heterocycles. The van der Waals surface area contributed by atoms with E-state index in [1.165, 1.54) is 20.8 Å². The predicted octanol–water partition coefficient (Wildman–Crippen LogP) is 1.03. The van der Waals surface area contributed by atoms with Crippen LogP contribution < -0.4 is 0 Å². The number of rotatable bonds is 9. The molecule has 0 atom stereocenters. The van der Waals surface area contributed by atoms with Crippen LogP contribution in [0.1, 0.15) is 61.3 Å². The number of ketones is 4. The first-order chi connectivity index (χ1) is 11.7. The van der Waals surface area contributed by atoms with Crippen molar-refractivity contribution in [1.29, 1.82) is 0 Å². The minimum absolute atomic E-state index is 0.0625. The van der Waals surface area contributed by atoms with Gasteiger partial charge in [0.2, 0.25) is 6.29 Å². The third-order valence-corrected chi connectivity index (χ3v) is 1.98. The molecule has 0 heterocycles. The van der Waals surface area contributed by atoms with E-state index < -0.39 is 24.9 Å². The Labute approximate surface area is 161 Å². The molecule has 10 heteroatoms. The Balaban J connectivity index is -0.000000397. The maximum absolute atomic E-state index is 11.6. The topological polar surface area (TPSA) is 144 Å². The van der Waals surface area contributed by atoms with Gasteiger partial charge < -0.3 is 9.47 Å². The van der Waals surface area contributed by atoms with Crippen molar-refractivity contribution in [1.82, 2.24) is 0 Å². The van der Waals surface area contributed by atoms with Crippen LogP contribution in [0.15, 0.2) is 0 Å². The molecular formula is C16H30O9Ti. The van der Waals surface area contributed by atoms with E-state index in [1.807, 2.05) is 27.7 Å². The molecule has 0 aromatic rings. The summed E-state index contributed by atoms with van der Waals surface area (Å²) in [6, 6.07) is 0. The van der Waals surface area contributed by atoms with E-state index >= 15 is 0 Å². The van der Waals surface area contributed by atoms with Gasteiger partial charge in [0.15, 0.2) is 5.78 Å². The number of carbonyl (C=O) groups excluding carboxylic acids is 4. The summed E-state index contributed by atoms with van der Waals surface area (Å²) >= 11 is -3.58. The second-order valence-corrected chi connectivity index (χ2v) is 6.79. The van der Waals surface area contributed by atoms with Gasteiger partial charge >= 0.3 is 29.3 Å². The van der Waals surface area contributed by atoms with Gasteiger partial charge in [0.25, 0.3) is 0 Å². The van der Waals surface area contributed by atoms with Crippen LogP contribution >= 0.6 is 0 Å². The van der Waals surface area contributed by atoms with Crippen molar-refractivity contribution in [3.05, 3.63) is 0 Å². The van der Waals surface area contributed by atoms with Crippen LogP contribution in [0.25, 0.3) is 0 Å². The molecular weight excluding hydrogens is 384 g/mol. The standard InChI is InChI=1S/C11H20O4.C5H8O2.2H2O.O.Ti/c1-7(2)14-11(15-8(3)4)10(13)6-9(5)12;1-4(6)3-5(2)7;;;;/h7-8,11H,6H2,1-5H3;3H2,1-2H3;2*1H2;;/q;;;;;+2/p-2. The quantitative estimate of drug-likeness (QED) is 0.321. The summed E-state index contributed by atoms with van der Waals surface area (Å²) < 4.78 is 33.8. The number of hydrogen-bond acceptors (Lipinski definition) is 7. The molecule has 26 heavy (non-hydrogen) atoms. The second-order valence-electron chi connectivity index (χ2n) is 5.91. The SMILES string of the molecule is CC(=O)CC(=O)C(OC(C)C)OC(C)C.CC(=O)CC(C)=O.[O]=[Ti]([OH])[OH]. The summed E-state index contributed by atoms with van der Waals surface area (Å²) in [6.07, 6.45) is -1.19. The Kier molecular flexibility index (Phi) is 20.0. The van der Waals surface area contributed by atoms with Crippen molar-refractivity contribution in [3.63, 3.8) is 0 Å². The third-order valence-electron chi connectivity index (χ3n) is 1.98. The fourth-order valence-electron chi connectivity index (χ4n) is 1.36. The molecule has 0 amide bonds. The van der Waals surface area contributed by atoms with Gasteiger partial charge in [-0.1, -0.05) is 0 Å². The number of hydrogen-bond donors (Lipinski definition) is 2. The summed E-state index contributed by atoms with van der Waals surface area (Å²) in [6.45, 7) is 11.5. The Morgan fingerprint density at radius 1 is 0.769 bits per heavy atom. The van der Waals surface area contributed by atoms with Crippen LogP contribution in [-0.2, 0) is 50.6 Å². The van der Waals surface area contributed by atoms with E-state index in [4.69, 9.17) is 20.2 Å². The first-order valence-electron chi connectivity index (χ1n) is 7.92. The van der Waals surface area contributed by atoms with Crippen molar-refractivity contribution in [2.45, 2.75) is 79.8 Å². The molecule has 0 spiro atoms. The van der Waals surface area contributed by atoms with Crippen LogP contribution in [-0.4, -0.2) is 49.0 Å². The average molecular weight is 414 g/mol. The molecule has 152 valence electrons. The maximum atomic E-state index is 11.6. The van der Waals surface area contributed by atoms with Crippen molar-refractivity contribution >= 4 is 23.1 Å². The number of Topliss-reactive ketones (excluding diaryl/α,β-unsaturated/α-hetero) is 4. The normalized spacial score (nSPS) is 9.85. The Bertz CT molecular complexity index is 446. The fraction of sp³-hybridized carbons (Fsp3) is 0.750. The van der Waals surface area contributed by atoms with Crippen LogP contribution in [0.4, 0.5) is 0 Å². The zero-order chi connectivity index (χ0) is 21.4. The molecule has 0 aliphatic carbocycles. The van der Waals surface area contributed by atoms with Gasteiger partial charge in [-0.2, -0.15) is 0 Å². The Morgan fingerprint density at radius 3 is 1.19 bits per heavy atom. The van der Waals surface area contributed by atoms with Gasteiger partial charge in [0.1, 0.15) is 17.3 Å². The van der Waals surface area contributed by atoms with Crippen LogP contribution in [0.5, 0.6) is 0 Å². The van der Waals surface area contributed by atoms with Gasteiger partial charge in [-0.05, 0) is 48.5 Å². The molecule has 0 bridgehead atoms. The zero-order valence-corrected chi connectivity index (χ0v) is 18.0. The van der Waals surface area contributed by atoms with Gasteiger partial charge in [0, 0.05) is 0 Å². The minimum atomic E-state index is -3.58. The molecule has 2 N–H and O–H groups in total. The van der Waals surface area contributed by atoms with E-state index in [2.05, 4.69) is 0 Å². The van der Waals surface area contributed by atoms with Gasteiger partial charge in [-0.15, -0.1) is 0 Å². The van der Waals surface area contributed by atoms with Gasteiger partial charge in [-0.3, -0.25) is 19.2 Å². The Morgan fingerprint density at radius 2 is 1.04 bits per heavy atom. The van der Waals surface area contributed by atoms with Crippen molar-refractivity contribution < 1.29 is 58.0 Å². The van der Waals surface area contributed by atoms with E-state index in [9.17, 15) is 19.2 Å². The third kappa shape index (κ3) is 30.9. The van der Waals surface area contributed by atoms with Crippen molar-refractivity contribution in [2.24, 2.45) is 0 Å². The van der Waals surface area contributed by atoms with E-state index in [0.29, 0.717) is 0 Å². The van der Waals surface area contributed by atoms with Crippen LogP contribution in [0.3, 0.4) is 0 Å². The van der Waals surface area contributed by atoms with Crippen molar-refractivity contribution in [2.75, 3.05) is 0 Å². The van der Waals surface area contributed by atoms with E-state index in [1.54, 1.807) is 0 Å². The van der Waals surface area contributed by atoms with Crippen LogP contribution in [0, 0.1) is 0 Å². The first-order valence-corrected chi connectivity index (χ1v) is 9.96. The van der Waals surface area contributed by atoms with Gasteiger partial charge in [0.05, 0.1) is 25.0 Å². The molecule has 0 aromatic heterocycles. The number of ether oxygens (including phenoxy) is 2. The molecule has 0 aliphatic heterocycles. The zero-order valence-electron chi connectivity index (χ0n) is 16.4. The molecule has 0 fully saturated rings. The molecule has 0 radical (unpaired) electrons. The first kappa shape index (κ1) is 29.8. The average Bonchev–Trinajstić information content (AvgIpc) is 2.33. The van der Waals surface area contributed by atoms with E-state index in [0.717, 1.165) is 0 Å². The molecule has 0 rings (SSSR count). The molecule has 9 nitrogen and oxygen atoms in total. The summed E-state index contributed by atoms with van der Waals surface area (Å²) in [7, 11) is 0. The summed E-state index contributed by atoms with van der Waals surface area (Å²) in [5.74, 6) is -0.616. The van der Waals surface area contributed by atoms with Gasteiger partial charge in [-0.25, -0.2) is 0 Å². The van der Waals surface area contributed by atoms with Crippen molar-refractivity contribution in [3.8, 4) is 0 Å². The predicted molar refractivity (Wildman–Crippen MR) is 87.6 cm³/mol. The molecule has 0 aromatic carbocycles. The fourth-order valence-corrected chi connectivity index (χ4v) is 1.36. The summed E-state index contributed by atoms with van der Waals surface area (Å²) in [4.78, 5) is 42.4. The second kappa shape index (κ2) is 17.4.